The molecule has 0 spiro atoms. The molecule has 2 heterocycles. The summed E-state index contributed by atoms with van der Waals surface area (Å²) < 4.78 is 1.75. The van der Waals surface area contributed by atoms with Gasteiger partial charge in [0.1, 0.15) is 0 Å². The van der Waals surface area contributed by atoms with Crippen LogP contribution in [0.25, 0.3) is 0 Å². The first-order chi connectivity index (χ1) is 8.63. The first-order valence-electron chi connectivity index (χ1n) is 6.51. The van der Waals surface area contributed by atoms with Crippen LogP contribution in [0.2, 0.25) is 0 Å². The van der Waals surface area contributed by atoms with Gasteiger partial charge < -0.3 is 9.47 Å². The topological polar surface area (TPSA) is 38.1 Å². The predicted molar refractivity (Wildman–Crippen MR) is 77.6 cm³/mol. The zero-order chi connectivity index (χ0) is 13.1. The molecule has 1 aliphatic heterocycles. The number of aromatic nitrogens is 2. The summed E-state index contributed by atoms with van der Waals surface area (Å²) in [6.07, 6.45) is 5.75. The number of hydrogen-bond donors (Lipinski definition) is 0. The van der Waals surface area contributed by atoms with Gasteiger partial charge >= 0.3 is 0 Å². The molecule has 4 nitrogen and oxygen atoms in total. The fourth-order valence-electron chi connectivity index (χ4n) is 2.34. The Labute approximate surface area is 116 Å². The third kappa shape index (κ3) is 2.76. The molecule has 0 N–H and O–H groups in total. The molecule has 100 valence electrons. The summed E-state index contributed by atoms with van der Waals surface area (Å²) in [5, 5.41) is 1.05. The molecule has 1 aliphatic rings. The molecular weight excluding hydrogens is 294 g/mol. The summed E-state index contributed by atoms with van der Waals surface area (Å²) in [5.74, 6) is 1.34. The Morgan fingerprint density at radius 1 is 1.44 bits per heavy atom. The summed E-state index contributed by atoms with van der Waals surface area (Å²) >= 11 is 3.53. The molecule has 0 bridgehead atoms. The van der Waals surface area contributed by atoms with Crippen LogP contribution >= 0.6 is 15.9 Å². The van der Waals surface area contributed by atoms with E-state index in [1.165, 1.54) is 0 Å². The summed E-state index contributed by atoms with van der Waals surface area (Å²) in [6, 6.07) is 0.180. The molecule has 5 heteroatoms. The first kappa shape index (κ1) is 13.6. The molecule has 0 amide bonds. The second kappa shape index (κ2) is 5.87. The van der Waals surface area contributed by atoms with Crippen LogP contribution in [0.4, 0.5) is 5.82 Å². The minimum atomic E-state index is 0.0322. The summed E-state index contributed by atoms with van der Waals surface area (Å²) in [7, 11) is 0. The number of anilines is 1. The van der Waals surface area contributed by atoms with Gasteiger partial charge in [-0.1, -0.05) is 15.9 Å². The van der Waals surface area contributed by atoms with E-state index in [2.05, 4.69) is 25.8 Å². The normalized spacial score (nSPS) is 17.4. The van der Waals surface area contributed by atoms with Crippen LogP contribution in [0.15, 0.2) is 17.2 Å². The number of halogens is 1. The Morgan fingerprint density at radius 3 is 2.67 bits per heavy atom. The number of hydrogen-bond acceptors (Lipinski definition) is 3. The van der Waals surface area contributed by atoms with Gasteiger partial charge in [0.05, 0.1) is 0 Å². The Hall–Kier alpha value is -0.840. The van der Waals surface area contributed by atoms with Crippen LogP contribution in [0.5, 0.6) is 0 Å². The van der Waals surface area contributed by atoms with Gasteiger partial charge in [0.15, 0.2) is 5.82 Å². The van der Waals surface area contributed by atoms with Crippen LogP contribution in [0.1, 0.15) is 32.7 Å². The quantitative estimate of drug-likeness (QED) is 0.804. The van der Waals surface area contributed by atoms with Crippen LogP contribution in [-0.2, 0) is 0 Å². The summed E-state index contributed by atoms with van der Waals surface area (Å²) in [4.78, 5) is 18.7. The van der Waals surface area contributed by atoms with Gasteiger partial charge in [0.25, 0.3) is 5.56 Å². The van der Waals surface area contributed by atoms with Crippen LogP contribution in [-0.4, -0.2) is 28.0 Å². The minimum Gasteiger partial charge on any atom is -0.352 e. The van der Waals surface area contributed by atoms with Gasteiger partial charge in [-0.3, -0.25) is 4.79 Å². The maximum atomic E-state index is 12.3. The minimum absolute atomic E-state index is 0.0322. The van der Waals surface area contributed by atoms with E-state index in [0.29, 0.717) is 5.82 Å². The van der Waals surface area contributed by atoms with E-state index >= 15 is 0 Å². The van der Waals surface area contributed by atoms with Crippen LogP contribution in [0.3, 0.4) is 0 Å². The van der Waals surface area contributed by atoms with Crippen molar-refractivity contribution < 1.29 is 0 Å². The first-order valence-corrected chi connectivity index (χ1v) is 7.63. The van der Waals surface area contributed by atoms with Gasteiger partial charge in [0.2, 0.25) is 0 Å². The zero-order valence-electron chi connectivity index (χ0n) is 11.0. The average Bonchev–Trinajstić information content (AvgIpc) is 2.39. The largest absolute Gasteiger partial charge is 0.352 e. The molecule has 0 saturated carbocycles. The smallest absolute Gasteiger partial charge is 0.293 e. The van der Waals surface area contributed by atoms with Crippen LogP contribution in [0, 0.1) is 5.92 Å². The van der Waals surface area contributed by atoms with Crippen LogP contribution < -0.4 is 10.5 Å². The molecule has 18 heavy (non-hydrogen) atoms. The van der Waals surface area contributed by atoms with Gasteiger partial charge in [-0.25, -0.2) is 4.98 Å². The van der Waals surface area contributed by atoms with E-state index in [1.54, 1.807) is 17.0 Å². The van der Waals surface area contributed by atoms with E-state index in [1.807, 2.05) is 13.8 Å². The SMILES string of the molecule is CC(C)n1ccnc(N2CCC(CBr)CC2)c1=O. The molecule has 0 radical (unpaired) electrons. The molecule has 2 rings (SSSR count). The highest BCUT2D eigenvalue weighted by atomic mass is 79.9. The summed E-state index contributed by atoms with van der Waals surface area (Å²) in [5.41, 5.74) is 0.0322. The lowest BCUT2D eigenvalue weighted by molar-refractivity contribution is 0.442. The van der Waals surface area contributed by atoms with Crippen molar-refractivity contribution in [2.45, 2.75) is 32.7 Å². The third-order valence-corrected chi connectivity index (χ3v) is 4.45. The molecule has 1 aromatic rings. The molecule has 0 unspecified atom stereocenters. The second-order valence-electron chi connectivity index (χ2n) is 5.14. The number of nitrogens with zero attached hydrogens (tertiary/aromatic N) is 3. The zero-order valence-corrected chi connectivity index (χ0v) is 12.6. The predicted octanol–water partition coefficient (Wildman–Crippen LogP) is 2.44. The molecule has 0 aromatic carbocycles. The standard InChI is InChI=1S/C13H20BrN3O/c1-10(2)17-8-5-15-12(13(17)18)16-6-3-11(9-14)4-7-16/h5,8,10-11H,3-4,6-7,9H2,1-2H3. The molecule has 0 atom stereocenters. The van der Waals surface area contributed by atoms with E-state index in [9.17, 15) is 4.79 Å². The van der Waals surface area contributed by atoms with E-state index in [0.717, 1.165) is 37.2 Å². The lowest BCUT2D eigenvalue weighted by Crippen LogP contribution is -2.39. The van der Waals surface area contributed by atoms with E-state index < -0.39 is 0 Å². The lowest BCUT2D eigenvalue weighted by Gasteiger charge is -2.31. The van der Waals surface area contributed by atoms with Gasteiger partial charge in [0, 0.05) is 36.9 Å². The Kier molecular flexibility index (Phi) is 4.43. The van der Waals surface area contributed by atoms with Gasteiger partial charge in [-0.05, 0) is 32.6 Å². The molecule has 1 aromatic heterocycles. The highest BCUT2D eigenvalue weighted by molar-refractivity contribution is 9.09. The van der Waals surface area contributed by atoms with Crippen molar-refractivity contribution in [2.75, 3.05) is 23.3 Å². The van der Waals surface area contributed by atoms with Crippen molar-refractivity contribution in [3.63, 3.8) is 0 Å². The van der Waals surface area contributed by atoms with Gasteiger partial charge in [-0.2, -0.15) is 0 Å². The maximum Gasteiger partial charge on any atom is 0.293 e. The Balaban J connectivity index is 2.20. The van der Waals surface area contributed by atoms with E-state index in [4.69, 9.17) is 0 Å². The Morgan fingerprint density at radius 2 is 2.11 bits per heavy atom. The monoisotopic (exact) mass is 313 g/mol. The fourth-order valence-corrected chi connectivity index (χ4v) is 2.98. The average molecular weight is 314 g/mol. The molecule has 1 fully saturated rings. The van der Waals surface area contributed by atoms with Crippen molar-refractivity contribution in [3.8, 4) is 0 Å². The molecule has 0 aliphatic carbocycles. The van der Waals surface area contributed by atoms with Crippen molar-refractivity contribution in [1.29, 1.82) is 0 Å². The highest BCUT2D eigenvalue weighted by Crippen LogP contribution is 2.21. The Bertz CT molecular complexity index is 450. The molecule has 1 saturated heterocycles. The van der Waals surface area contributed by atoms with Gasteiger partial charge in [-0.15, -0.1) is 0 Å². The second-order valence-corrected chi connectivity index (χ2v) is 5.79. The highest BCUT2D eigenvalue weighted by Gasteiger charge is 2.21. The fraction of sp³-hybridized carbons (Fsp3) is 0.692. The lowest BCUT2D eigenvalue weighted by atomic mass is 9.99. The maximum absolute atomic E-state index is 12.3. The number of alkyl halides is 1. The number of rotatable bonds is 3. The number of piperidine rings is 1. The van der Waals surface area contributed by atoms with Crippen molar-refractivity contribution in [3.05, 3.63) is 22.7 Å². The third-order valence-electron chi connectivity index (χ3n) is 3.54. The van der Waals surface area contributed by atoms with Crippen molar-refractivity contribution >= 4 is 21.7 Å². The summed E-state index contributed by atoms with van der Waals surface area (Å²) in [6.45, 7) is 5.89. The molecular formula is C13H20BrN3O. The van der Waals surface area contributed by atoms with E-state index in [-0.39, 0.29) is 11.6 Å². The van der Waals surface area contributed by atoms with Crippen molar-refractivity contribution in [1.82, 2.24) is 9.55 Å². The van der Waals surface area contributed by atoms with Crippen molar-refractivity contribution in [2.24, 2.45) is 5.92 Å².